The Labute approximate surface area is 147 Å². The number of nitrogens with one attached hydrogen (secondary N) is 2. The van der Waals surface area contributed by atoms with E-state index in [1.165, 1.54) is 18.3 Å². The molecule has 1 aromatic heterocycles. The minimum atomic E-state index is -1.29. The van der Waals surface area contributed by atoms with E-state index in [9.17, 15) is 14.4 Å². The van der Waals surface area contributed by atoms with Gasteiger partial charge in [0.15, 0.2) is 5.78 Å². The number of aryl methyl sites for hydroxylation is 1. The normalized spacial score (nSPS) is 11.6. The Balaban J connectivity index is 2.25. The molecule has 0 bridgehead atoms. The van der Waals surface area contributed by atoms with Crippen LogP contribution in [0, 0.1) is 6.92 Å². The Bertz CT molecular complexity index is 786. The lowest BCUT2D eigenvalue weighted by molar-refractivity contribution is -0.117. The fourth-order valence-corrected chi connectivity index (χ4v) is 3.10. The number of benzene rings is 1. The number of carbonyl (C=O) groups excluding carboxylic acids is 2. The topological polar surface area (TPSA) is 95.5 Å². The molecule has 0 spiro atoms. The summed E-state index contributed by atoms with van der Waals surface area (Å²) >= 11 is 7.04. The van der Waals surface area contributed by atoms with Crippen LogP contribution in [-0.2, 0) is 4.79 Å². The van der Waals surface area contributed by atoms with Crippen LogP contribution in [0.1, 0.15) is 28.4 Å². The summed E-state index contributed by atoms with van der Waals surface area (Å²) in [5, 5.41) is 16.0. The van der Waals surface area contributed by atoms with Gasteiger partial charge in [0.05, 0.1) is 5.56 Å². The van der Waals surface area contributed by atoms with E-state index in [4.69, 9.17) is 16.7 Å². The number of ketones is 1. The summed E-state index contributed by atoms with van der Waals surface area (Å²) in [5.74, 6) is -0.774. The molecule has 126 valence electrons. The molecule has 2 aromatic rings. The van der Waals surface area contributed by atoms with Crippen molar-refractivity contribution in [3.8, 4) is 0 Å². The Morgan fingerprint density at radius 3 is 2.42 bits per heavy atom. The van der Waals surface area contributed by atoms with Crippen molar-refractivity contribution in [1.29, 1.82) is 0 Å². The van der Waals surface area contributed by atoms with Crippen LogP contribution >= 0.6 is 22.9 Å². The van der Waals surface area contributed by atoms with Gasteiger partial charge in [-0.1, -0.05) is 11.6 Å². The van der Waals surface area contributed by atoms with E-state index >= 15 is 0 Å². The number of hydrogen-bond donors (Lipinski definition) is 3. The number of anilines is 1. The summed E-state index contributed by atoms with van der Waals surface area (Å²) in [7, 11) is 0. The van der Waals surface area contributed by atoms with Gasteiger partial charge in [0.2, 0.25) is 5.91 Å². The summed E-state index contributed by atoms with van der Waals surface area (Å²) in [6.45, 7) is 3.19. The van der Waals surface area contributed by atoms with Crippen molar-refractivity contribution in [1.82, 2.24) is 5.32 Å². The standard InChI is InChI=1S/C16H15ClN2O4S/c1-8-7-24-15(19-14(21)9(2)18-16(22)23)12(8)13(20)10-3-5-11(17)6-4-10/h3-7,9,18H,1-2H3,(H,19,21)(H,22,23)/t9-/m0/s1. The van der Waals surface area contributed by atoms with Crippen molar-refractivity contribution in [3.63, 3.8) is 0 Å². The van der Waals surface area contributed by atoms with E-state index in [1.807, 2.05) is 0 Å². The summed E-state index contributed by atoms with van der Waals surface area (Å²) < 4.78 is 0. The van der Waals surface area contributed by atoms with Crippen LogP contribution in [0.4, 0.5) is 9.80 Å². The van der Waals surface area contributed by atoms with Crippen LogP contribution in [0.25, 0.3) is 0 Å². The molecule has 1 heterocycles. The van der Waals surface area contributed by atoms with Crippen molar-refractivity contribution in [2.75, 3.05) is 5.32 Å². The largest absolute Gasteiger partial charge is 0.465 e. The molecule has 0 saturated heterocycles. The lowest BCUT2D eigenvalue weighted by Gasteiger charge is -2.12. The highest BCUT2D eigenvalue weighted by atomic mass is 35.5. The quantitative estimate of drug-likeness (QED) is 0.705. The second-order valence-corrected chi connectivity index (χ2v) is 6.44. The number of rotatable bonds is 5. The van der Waals surface area contributed by atoms with Crippen LogP contribution in [0.2, 0.25) is 5.02 Å². The van der Waals surface area contributed by atoms with Crippen LogP contribution in [0.15, 0.2) is 29.6 Å². The lowest BCUT2D eigenvalue weighted by Crippen LogP contribution is -2.40. The van der Waals surface area contributed by atoms with Crippen molar-refractivity contribution in [3.05, 3.63) is 51.4 Å². The second-order valence-electron chi connectivity index (χ2n) is 5.12. The van der Waals surface area contributed by atoms with Crippen LogP contribution < -0.4 is 10.6 Å². The number of thiophene rings is 1. The van der Waals surface area contributed by atoms with Crippen LogP contribution in [0.3, 0.4) is 0 Å². The van der Waals surface area contributed by atoms with E-state index < -0.39 is 18.0 Å². The molecule has 2 rings (SSSR count). The van der Waals surface area contributed by atoms with E-state index in [0.717, 1.165) is 5.56 Å². The molecule has 3 N–H and O–H groups in total. The number of halogens is 1. The zero-order valence-electron chi connectivity index (χ0n) is 12.9. The molecule has 1 aromatic carbocycles. The molecule has 6 nitrogen and oxygen atoms in total. The third-order valence-corrected chi connectivity index (χ3v) is 4.54. The van der Waals surface area contributed by atoms with Crippen LogP contribution in [-0.4, -0.2) is 28.9 Å². The molecule has 0 aliphatic carbocycles. The third-order valence-electron chi connectivity index (χ3n) is 3.28. The first-order valence-corrected chi connectivity index (χ1v) is 8.24. The number of hydrogen-bond acceptors (Lipinski definition) is 4. The van der Waals surface area contributed by atoms with Crippen molar-refractivity contribution < 1.29 is 19.5 Å². The van der Waals surface area contributed by atoms with Crippen LogP contribution in [0.5, 0.6) is 0 Å². The first-order valence-electron chi connectivity index (χ1n) is 6.98. The van der Waals surface area contributed by atoms with Gasteiger partial charge in [0.1, 0.15) is 11.0 Å². The van der Waals surface area contributed by atoms with Gasteiger partial charge >= 0.3 is 6.09 Å². The monoisotopic (exact) mass is 366 g/mol. The van der Waals surface area contributed by atoms with Crippen molar-refractivity contribution in [2.24, 2.45) is 0 Å². The maximum absolute atomic E-state index is 12.7. The fraction of sp³-hybridized carbons (Fsp3) is 0.188. The van der Waals surface area contributed by atoms with Gasteiger partial charge in [-0.2, -0.15) is 0 Å². The predicted octanol–water partition coefficient (Wildman–Crippen LogP) is 3.54. The van der Waals surface area contributed by atoms with Crippen molar-refractivity contribution in [2.45, 2.75) is 19.9 Å². The van der Waals surface area contributed by atoms with Gasteiger partial charge < -0.3 is 15.7 Å². The molecule has 0 radical (unpaired) electrons. The van der Waals surface area contributed by atoms with E-state index in [-0.39, 0.29) is 5.78 Å². The Hall–Kier alpha value is -2.38. The fourth-order valence-electron chi connectivity index (χ4n) is 2.03. The summed E-state index contributed by atoms with van der Waals surface area (Å²) in [6, 6.07) is 5.52. The molecule has 0 aliphatic heterocycles. The Kier molecular flexibility index (Phi) is 5.58. The zero-order chi connectivity index (χ0) is 17.9. The zero-order valence-corrected chi connectivity index (χ0v) is 14.5. The summed E-state index contributed by atoms with van der Waals surface area (Å²) in [4.78, 5) is 35.4. The first-order chi connectivity index (χ1) is 11.3. The maximum Gasteiger partial charge on any atom is 0.405 e. The second kappa shape index (κ2) is 7.46. The molecule has 0 saturated carbocycles. The van der Waals surface area contributed by atoms with E-state index in [1.54, 1.807) is 36.6 Å². The molecule has 0 fully saturated rings. The average molecular weight is 367 g/mol. The Morgan fingerprint density at radius 1 is 1.21 bits per heavy atom. The van der Waals surface area contributed by atoms with Gasteiger partial charge in [-0.05, 0) is 49.1 Å². The highest BCUT2D eigenvalue weighted by Crippen LogP contribution is 2.30. The first kappa shape index (κ1) is 18.0. The molecule has 24 heavy (non-hydrogen) atoms. The van der Waals surface area contributed by atoms with E-state index in [0.29, 0.717) is 21.2 Å². The highest BCUT2D eigenvalue weighted by molar-refractivity contribution is 7.15. The molecule has 1 atom stereocenters. The number of amides is 2. The smallest absolute Gasteiger partial charge is 0.405 e. The molecule has 2 amide bonds. The van der Waals surface area contributed by atoms with Gasteiger partial charge in [-0.25, -0.2) is 4.79 Å². The number of carbonyl (C=O) groups is 3. The third kappa shape index (κ3) is 4.12. The molecular weight excluding hydrogens is 352 g/mol. The molecule has 0 aliphatic rings. The van der Waals surface area contributed by atoms with Gasteiger partial charge in [-0.15, -0.1) is 11.3 Å². The Morgan fingerprint density at radius 2 is 1.83 bits per heavy atom. The van der Waals surface area contributed by atoms with E-state index in [2.05, 4.69) is 10.6 Å². The minimum absolute atomic E-state index is 0.237. The molecule has 0 unspecified atom stereocenters. The van der Waals surface area contributed by atoms with Gasteiger partial charge in [-0.3, -0.25) is 9.59 Å². The predicted molar refractivity (Wildman–Crippen MR) is 93.2 cm³/mol. The average Bonchev–Trinajstić information content (AvgIpc) is 2.87. The number of carboxylic acid groups (broad SMARTS) is 1. The maximum atomic E-state index is 12.7. The van der Waals surface area contributed by atoms with Gasteiger partial charge in [0, 0.05) is 10.6 Å². The van der Waals surface area contributed by atoms with Crippen molar-refractivity contribution >= 4 is 45.7 Å². The summed E-state index contributed by atoms with van der Waals surface area (Å²) in [6.07, 6.45) is -1.29. The van der Waals surface area contributed by atoms with Gasteiger partial charge in [0.25, 0.3) is 0 Å². The highest BCUT2D eigenvalue weighted by Gasteiger charge is 2.22. The SMILES string of the molecule is Cc1csc(NC(=O)[C@H](C)NC(=O)O)c1C(=O)c1ccc(Cl)cc1. The molecular formula is C16H15ClN2O4S. The molecule has 8 heteroatoms. The lowest BCUT2D eigenvalue weighted by atomic mass is 10.0. The summed E-state index contributed by atoms with van der Waals surface area (Å²) in [5.41, 5.74) is 1.57. The minimum Gasteiger partial charge on any atom is -0.465 e.